The molecule has 0 atom stereocenters. The van der Waals surface area contributed by atoms with Crippen molar-refractivity contribution in [2.45, 2.75) is 62.2 Å². The number of nitrogen functional groups attached to an aromatic ring is 2. The van der Waals surface area contributed by atoms with Crippen LogP contribution in [0.5, 0.6) is 0 Å². The van der Waals surface area contributed by atoms with Crippen LogP contribution in [-0.4, -0.2) is 8.42 Å². The third-order valence-corrected chi connectivity index (χ3v) is 6.20. The summed E-state index contributed by atoms with van der Waals surface area (Å²) in [7, 11) is -3.58. The Bertz CT molecular complexity index is 766. The zero-order chi connectivity index (χ0) is 18.4. The van der Waals surface area contributed by atoms with Crippen molar-refractivity contribution in [3.8, 4) is 0 Å². The summed E-state index contributed by atoms with van der Waals surface area (Å²) in [6, 6.07) is 9.97. The molecule has 0 saturated carbocycles. The fourth-order valence-electron chi connectivity index (χ4n) is 2.80. The summed E-state index contributed by atoms with van der Waals surface area (Å²) < 4.78 is 26.1. The van der Waals surface area contributed by atoms with E-state index in [4.69, 9.17) is 11.5 Å². The maximum absolute atomic E-state index is 13.0. The van der Waals surface area contributed by atoms with Crippen molar-refractivity contribution in [2.24, 2.45) is 0 Å². The molecule has 4 N–H and O–H groups in total. The number of sulfone groups is 1. The lowest BCUT2D eigenvalue weighted by molar-refractivity contribution is 0.595. The first kappa shape index (κ1) is 19.3. The molecule has 0 radical (unpaired) electrons. The van der Waals surface area contributed by atoms with Crippen LogP contribution < -0.4 is 11.5 Å². The summed E-state index contributed by atoms with van der Waals surface area (Å²) in [5, 5.41) is 0. The molecule has 0 unspecified atom stereocenters. The fraction of sp³-hybridized carbons (Fsp3) is 0.400. The third-order valence-electron chi connectivity index (χ3n) is 4.45. The molecule has 0 aliphatic rings. The smallest absolute Gasteiger partial charge is 0.206 e. The summed E-state index contributed by atoms with van der Waals surface area (Å²) in [6.07, 6.45) is 5.61. The first-order chi connectivity index (χ1) is 11.9. The van der Waals surface area contributed by atoms with Gasteiger partial charge in [-0.2, -0.15) is 0 Å². The maximum Gasteiger partial charge on any atom is 0.206 e. The highest BCUT2D eigenvalue weighted by molar-refractivity contribution is 7.91. The number of hydrogen-bond acceptors (Lipinski definition) is 4. The molecule has 0 spiro atoms. The Hall–Kier alpha value is -2.01. The van der Waals surface area contributed by atoms with Crippen LogP contribution >= 0.6 is 0 Å². The van der Waals surface area contributed by atoms with Gasteiger partial charge in [0.25, 0.3) is 0 Å². The SMILES string of the molecule is CCCCc1cc(S(=O)(=O)c2ccc(N)c(CCCC)c2)ccc1N. The van der Waals surface area contributed by atoms with Crippen LogP contribution in [0.15, 0.2) is 46.2 Å². The van der Waals surface area contributed by atoms with Crippen LogP contribution in [0.1, 0.15) is 50.7 Å². The highest BCUT2D eigenvalue weighted by Crippen LogP contribution is 2.28. The molecule has 0 amide bonds. The van der Waals surface area contributed by atoms with Gasteiger partial charge in [-0.1, -0.05) is 26.7 Å². The quantitative estimate of drug-likeness (QED) is 0.684. The van der Waals surface area contributed by atoms with Crippen molar-refractivity contribution in [2.75, 3.05) is 11.5 Å². The molecule has 0 fully saturated rings. The van der Waals surface area contributed by atoms with Crippen molar-refractivity contribution in [1.82, 2.24) is 0 Å². The summed E-state index contributed by atoms with van der Waals surface area (Å²) in [5.41, 5.74) is 15.1. The van der Waals surface area contributed by atoms with Crippen LogP contribution in [0.25, 0.3) is 0 Å². The maximum atomic E-state index is 13.0. The highest BCUT2D eigenvalue weighted by Gasteiger charge is 2.20. The molecule has 2 aromatic carbocycles. The number of aryl methyl sites for hydroxylation is 2. The Kier molecular flexibility index (Phi) is 6.48. The second-order valence-corrected chi connectivity index (χ2v) is 8.38. The van der Waals surface area contributed by atoms with E-state index in [2.05, 4.69) is 13.8 Å². The second kappa shape index (κ2) is 8.39. The minimum Gasteiger partial charge on any atom is -0.399 e. The van der Waals surface area contributed by atoms with E-state index in [0.29, 0.717) is 21.2 Å². The molecule has 0 aliphatic carbocycles. The monoisotopic (exact) mass is 360 g/mol. The van der Waals surface area contributed by atoms with Crippen molar-refractivity contribution < 1.29 is 8.42 Å². The molecule has 0 aromatic heterocycles. The van der Waals surface area contributed by atoms with E-state index in [1.54, 1.807) is 36.4 Å². The second-order valence-electron chi connectivity index (χ2n) is 6.43. The van der Waals surface area contributed by atoms with E-state index in [9.17, 15) is 8.42 Å². The molecule has 0 saturated heterocycles. The van der Waals surface area contributed by atoms with Crippen LogP contribution in [0.3, 0.4) is 0 Å². The van der Waals surface area contributed by atoms with Gasteiger partial charge in [0.1, 0.15) is 0 Å². The number of unbranched alkanes of at least 4 members (excludes halogenated alkanes) is 2. The van der Waals surface area contributed by atoms with Gasteiger partial charge < -0.3 is 11.5 Å². The lowest BCUT2D eigenvalue weighted by atomic mass is 10.1. The van der Waals surface area contributed by atoms with Gasteiger partial charge in [-0.25, -0.2) is 8.42 Å². The van der Waals surface area contributed by atoms with Gasteiger partial charge in [-0.15, -0.1) is 0 Å². The molecule has 25 heavy (non-hydrogen) atoms. The summed E-state index contributed by atoms with van der Waals surface area (Å²) >= 11 is 0. The Morgan fingerprint density at radius 3 is 1.52 bits per heavy atom. The Morgan fingerprint density at radius 1 is 0.760 bits per heavy atom. The van der Waals surface area contributed by atoms with Gasteiger partial charge in [-0.3, -0.25) is 0 Å². The van der Waals surface area contributed by atoms with Gasteiger partial charge in [0.15, 0.2) is 0 Å². The summed E-state index contributed by atoms with van der Waals surface area (Å²) in [4.78, 5) is 0.582. The van der Waals surface area contributed by atoms with Gasteiger partial charge in [0.05, 0.1) is 9.79 Å². The van der Waals surface area contributed by atoms with Gasteiger partial charge in [-0.05, 0) is 73.2 Å². The number of nitrogens with two attached hydrogens (primary N) is 2. The normalized spacial score (nSPS) is 11.6. The number of anilines is 2. The molecule has 0 aliphatic heterocycles. The average molecular weight is 361 g/mol. The van der Waals surface area contributed by atoms with Crippen LogP contribution in [0.2, 0.25) is 0 Å². The number of hydrogen-bond donors (Lipinski definition) is 2. The minimum absolute atomic E-state index is 0.291. The number of rotatable bonds is 8. The molecule has 2 aromatic rings. The molecule has 0 heterocycles. The third kappa shape index (κ3) is 4.54. The topological polar surface area (TPSA) is 86.2 Å². The predicted octanol–water partition coefficient (Wildman–Crippen LogP) is 4.37. The lowest BCUT2D eigenvalue weighted by Crippen LogP contribution is -2.06. The molecule has 136 valence electrons. The lowest BCUT2D eigenvalue weighted by Gasteiger charge is -2.12. The standard InChI is InChI=1S/C20H28N2O2S/c1-3-5-7-15-13-17(9-11-19(15)21)25(23,24)18-10-12-20(22)16(14-18)8-6-4-2/h9-14H,3-8,21-22H2,1-2H3. The van der Waals surface area contributed by atoms with Crippen LogP contribution in [-0.2, 0) is 22.7 Å². The fourth-order valence-corrected chi connectivity index (χ4v) is 4.16. The molecule has 4 nitrogen and oxygen atoms in total. The van der Waals surface area contributed by atoms with Crippen molar-refractivity contribution in [1.29, 1.82) is 0 Å². The summed E-state index contributed by atoms with van der Waals surface area (Å²) in [6.45, 7) is 4.20. The zero-order valence-electron chi connectivity index (χ0n) is 15.1. The molecule has 2 rings (SSSR count). The predicted molar refractivity (Wildman–Crippen MR) is 104 cm³/mol. The van der Waals surface area contributed by atoms with Gasteiger partial charge in [0.2, 0.25) is 9.84 Å². The number of benzene rings is 2. The molecule has 5 heteroatoms. The van der Waals surface area contributed by atoms with Crippen LogP contribution in [0.4, 0.5) is 11.4 Å². The van der Waals surface area contributed by atoms with E-state index in [1.165, 1.54) is 0 Å². The van der Waals surface area contributed by atoms with Gasteiger partial charge in [0, 0.05) is 11.4 Å². The first-order valence-electron chi connectivity index (χ1n) is 8.92. The zero-order valence-corrected chi connectivity index (χ0v) is 15.9. The molecule has 0 bridgehead atoms. The van der Waals surface area contributed by atoms with E-state index >= 15 is 0 Å². The highest BCUT2D eigenvalue weighted by atomic mass is 32.2. The summed E-state index contributed by atoms with van der Waals surface area (Å²) in [5.74, 6) is 0. The van der Waals surface area contributed by atoms with E-state index in [-0.39, 0.29) is 0 Å². The van der Waals surface area contributed by atoms with E-state index in [0.717, 1.165) is 49.7 Å². The largest absolute Gasteiger partial charge is 0.399 e. The van der Waals surface area contributed by atoms with Crippen LogP contribution in [0, 0.1) is 0 Å². The van der Waals surface area contributed by atoms with Gasteiger partial charge >= 0.3 is 0 Å². The molecular weight excluding hydrogens is 332 g/mol. The Balaban J connectivity index is 2.41. The molecular formula is C20H28N2O2S. The van der Waals surface area contributed by atoms with Crippen molar-refractivity contribution in [3.05, 3.63) is 47.5 Å². The van der Waals surface area contributed by atoms with E-state index in [1.807, 2.05) is 0 Å². The Morgan fingerprint density at radius 2 is 1.16 bits per heavy atom. The van der Waals surface area contributed by atoms with E-state index < -0.39 is 9.84 Å². The first-order valence-corrected chi connectivity index (χ1v) is 10.4. The van der Waals surface area contributed by atoms with Crippen molar-refractivity contribution >= 4 is 21.2 Å². The average Bonchev–Trinajstić information content (AvgIpc) is 2.60. The minimum atomic E-state index is -3.58. The Labute approximate surface area is 151 Å². The van der Waals surface area contributed by atoms with Crippen molar-refractivity contribution in [3.63, 3.8) is 0 Å².